The number of nitrogens with one attached hydrogen (secondary N) is 2. The van der Waals surface area contributed by atoms with Crippen LogP contribution in [-0.2, 0) is 0 Å². The van der Waals surface area contributed by atoms with Crippen molar-refractivity contribution in [1.29, 1.82) is 0 Å². The standard InChI is InChI=1S/C15H16N4S/c1-3-16-15-17-10(2)8-14(19-15)18-12-4-5-13-11(9-12)6-7-20-13/h4-9H,3H2,1-2H3,(H2,16,17,18,19). The Morgan fingerprint density at radius 3 is 2.90 bits per heavy atom. The molecule has 0 aliphatic heterocycles. The van der Waals surface area contributed by atoms with Crippen LogP contribution in [0.15, 0.2) is 35.7 Å². The zero-order valence-electron chi connectivity index (χ0n) is 11.5. The maximum atomic E-state index is 4.46. The summed E-state index contributed by atoms with van der Waals surface area (Å²) >= 11 is 1.75. The van der Waals surface area contributed by atoms with Gasteiger partial charge in [0.2, 0.25) is 5.95 Å². The number of nitrogens with zero attached hydrogens (tertiary/aromatic N) is 2. The third-order valence-corrected chi connectivity index (χ3v) is 3.81. The number of fused-ring (bicyclic) bond motifs is 1. The molecule has 0 unspecified atom stereocenters. The lowest BCUT2D eigenvalue weighted by Gasteiger charge is -2.09. The normalized spacial score (nSPS) is 10.7. The summed E-state index contributed by atoms with van der Waals surface area (Å²) in [4.78, 5) is 8.80. The molecule has 1 aromatic carbocycles. The summed E-state index contributed by atoms with van der Waals surface area (Å²) in [6, 6.07) is 10.4. The summed E-state index contributed by atoms with van der Waals surface area (Å²) < 4.78 is 1.29. The van der Waals surface area contributed by atoms with Gasteiger partial charge in [-0.15, -0.1) is 11.3 Å². The van der Waals surface area contributed by atoms with Gasteiger partial charge in [0.15, 0.2) is 0 Å². The molecule has 3 aromatic rings. The van der Waals surface area contributed by atoms with E-state index >= 15 is 0 Å². The smallest absolute Gasteiger partial charge is 0.224 e. The number of hydrogen-bond donors (Lipinski definition) is 2. The van der Waals surface area contributed by atoms with Gasteiger partial charge in [-0.1, -0.05) is 0 Å². The predicted octanol–water partition coefficient (Wildman–Crippen LogP) is 4.18. The van der Waals surface area contributed by atoms with Crippen LogP contribution in [0.3, 0.4) is 0 Å². The highest BCUT2D eigenvalue weighted by Crippen LogP contribution is 2.25. The van der Waals surface area contributed by atoms with Gasteiger partial charge in [-0.25, -0.2) is 4.98 Å². The molecule has 2 aromatic heterocycles. The molecule has 2 heterocycles. The number of rotatable bonds is 4. The highest BCUT2D eigenvalue weighted by Gasteiger charge is 2.03. The number of aromatic nitrogens is 2. The Morgan fingerprint density at radius 1 is 1.15 bits per heavy atom. The Morgan fingerprint density at radius 2 is 2.05 bits per heavy atom. The second kappa shape index (κ2) is 5.46. The van der Waals surface area contributed by atoms with Gasteiger partial charge < -0.3 is 10.6 Å². The quantitative estimate of drug-likeness (QED) is 0.754. The van der Waals surface area contributed by atoms with Gasteiger partial charge in [0.25, 0.3) is 0 Å². The van der Waals surface area contributed by atoms with E-state index in [1.165, 1.54) is 10.1 Å². The van der Waals surface area contributed by atoms with E-state index in [-0.39, 0.29) is 0 Å². The molecule has 0 spiro atoms. The summed E-state index contributed by atoms with van der Waals surface area (Å²) in [6.07, 6.45) is 0. The number of anilines is 3. The lowest BCUT2D eigenvalue weighted by molar-refractivity contribution is 1.05. The molecule has 0 fully saturated rings. The fourth-order valence-electron chi connectivity index (χ4n) is 2.06. The maximum Gasteiger partial charge on any atom is 0.224 e. The SMILES string of the molecule is CCNc1nc(C)cc(Nc2ccc3sccc3c2)n1. The van der Waals surface area contributed by atoms with E-state index in [2.05, 4.69) is 50.2 Å². The Labute approximate surface area is 121 Å². The van der Waals surface area contributed by atoms with Crippen molar-refractivity contribution in [3.05, 3.63) is 41.4 Å². The van der Waals surface area contributed by atoms with Crippen LogP contribution < -0.4 is 10.6 Å². The van der Waals surface area contributed by atoms with E-state index < -0.39 is 0 Å². The molecule has 3 rings (SSSR count). The average Bonchev–Trinajstić information content (AvgIpc) is 2.85. The van der Waals surface area contributed by atoms with Crippen molar-refractivity contribution in [2.75, 3.05) is 17.2 Å². The van der Waals surface area contributed by atoms with Crippen molar-refractivity contribution in [3.8, 4) is 0 Å². The number of benzene rings is 1. The third-order valence-electron chi connectivity index (χ3n) is 2.91. The van der Waals surface area contributed by atoms with Crippen LogP contribution in [0, 0.1) is 6.92 Å². The molecular formula is C15H16N4S. The van der Waals surface area contributed by atoms with Crippen LogP contribution >= 0.6 is 11.3 Å². The summed E-state index contributed by atoms with van der Waals surface area (Å²) in [6.45, 7) is 4.81. The minimum atomic E-state index is 0.659. The summed E-state index contributed by atoms with van der Waals surface area (Å²) in [5, 5.41) is 9.83. The highest BCUT2D eigenvalue weighted by atomic mass is 32.1. The molecule has 0 saturated heterocycles. The number of thiophene rings is 1. The van der Waals surface area contributed by atoms with Gasteiger partial charge in [0, 0.05) is 28.7 Å². The van der Waals surface area contributed by atoms with Crippen molar-refractivity contribution in [2.24, 2.45) is 0 Å². The van der Waals surface area contributed by atoms with Gasteiger partial charge >= 0.3 is 0 Å². The van der Waals surface area contributed by atoms with E-state index in [9.17, 15) is 0 Å². The fraction of sp³-hybridized carbons (Fsp3) is 0.200. The molecule has 20 heavy (non-hydrogen) atoms. The van der Waals surface area contributed by atoms with Crippen LogP contribution in [0.25, 0.3) is 10.1 Å². The Hall–Kier alpha value is -2.14. The maximum absolute atomic E-state index is 4.46. The second-order valence-corrected chi connectivity index (χ2v) is 5.49. The van der Waals surface area contributed by atoms with Crippen LogP contribution in [0.2, 0.25) is 0 Å². The largest absolute Gasteiger partial charge is 0.354 e. The summed E-state index contributed by atoms with van der Waals surface area (Å²) in [5.41, 5.74) is 1.98. The van der Waals surface area contributed by atoms with E-state index in [0.717, 1.165) is 23.7 Å². The highest BCUT2D eigenvalue weighted by molar-refractivity contribution is 7.17. The predicted molar refractivity (Wildman–Crippen MR) is 86.0 cm³/mol. The van der Waals surface area contributed by atoms with E-state index in [1.54, 1.807) is 11.3 Å². The van der Waals surface area contributed by atoms with Gasteiger partial charge in [-0.2, -0.15) is 4.98 Å². The van der Waals surface area contributed by atoms with E-state index in [4.69, 9.17) is 0 Å². The lowest BCUT2D eigenvalue weighted by Crippen LogP contribution is -2.05. The number of aryl methyl sites for hydroxylation is 1. The van der Waals surface area contributed by atoms with Crippen molar-refractivity contribution in [3.63, 3.8) is 0 Å². The third kappa shape index (κ3) is 2.72. The van der Waals surface area contributed by atoms with Gasteiger partial charge in [-0.05, 0) is 48.9 Å². The minimum absolute atomic E-state index is 0.659. The monoisotopic (exact) mass is 284 g/mol. The zero-order valence-corrected chi connectivity index (χ0v) is 12.3. The first-order valence-electron chi connectivity index (χ1n) is 6.58. The second-order valence-electron chi connectivity index (χ2n) is 4.55. The van der Waals surface area contributed by atoms with Crippen molar-refractivity contribution in [1.82, 2.24) is 9.97 Å². The van der Waals surface area contributed by atoms with Gasteiger partial charge in [0.1, 0.15) is 5.82 Å². The topological polar surface area (TPSA) is 49.8 Å². The van der Waals surface area contributed by atoms with Crippen LogP contribution in [0.1, 0.15) is 12.6 Å². The van der Waals surface area contributed by atoms with Crippen molar-refractivity contribution < 1.29 is 0 Å². The molecule has 0 radical (unpaired) electrons. The number of hydrogen-bond acceptors (Lipinski definition) is 5. The molecule has 0 bridgehead atoms. The van der Waals surface area contributed by atoms with E-state index in [0.29, 0.717) is 5.95 Å². The van der Waals surface area contributed by atoms with Crippen molar-refractivity contribution in [2.45, 2.75) is 13.8 Å². The molecule has 2 N–H and O–H groups in total. The molecule has 0 aliphatic carbocycles. The average molecular weight is 284 g/mol. The van der Waals surface area contributed by atoms with Gasteiger partial charge in [0.05, 0.1) is 0 Å². The summed E-state index contributed by atoms with van der Waals surface area (Å²) in [7, 11) is 0. The molecular weight excluding hydrogens is 268 g/mol. The van der Waals surface area contributed by atoms with Crippen molar-refractivity contribution >= 4 is 38.9 Å². The first kappa shape index (κ1) is 12.9. The van der Waals surface area contributed by atoms with Crippen LogP contribution in [0.4, 0.5) is 17.5 Å². The Kier molecular flexibility index (Phi) is 3.52. The van der Waals surface area contributed by atoms with Crippen LogP contribution in [0.5, 0.6) is 0 Å². The Bertz CT molecular complexity index is 736. The molecule has 5 heteroatoms. The molecule has 0 atom stereocenters. The van der Waals surface area contributed by atoms with E-state index in [1.807, 2.05) is 19.9 Å². The minimum Gasteiger partial charge on any atom is -0.354 e. The zero-order chi connectivity index (χ0) is 13.9. The molecule has 102 valence electrons. The first-order valence-corrected chi connectivity index (χ1v) is 7.46. The van der Waals surface area contributed by atoms with Gasteiger partial charge in [-0.3, -0.25) is 0 Å². The Balaban J connectivity index is 1.89. The molecule has 4 nitrogen and oxygen atoms in total. The van der Waals surface area contributed by atoms with Crippen LogP contribution in [-0.4, -0.2) is 16.5 Å². The molecule has 0 aliphatic rings. The molecule has 0 saturated carbocycles. The summed E-state index contributed by atoms with van der Waals surface area (Å²) in [5.74, 6) is 1.47. The lowest BCUT2D eigenvalue weighted by atomic mass is 10.2. The first-order chi connectivity index (χ1) is 9.74. The fourth-order valence-corrected chi connectivity index (χ4v) is 2.83. The molecule has 0 amide bonds.